The average Bonchev–Trinajstić information content (AvgIpc) is 2.58. The first kappa shape index (κ1) is 15.0. The summed E-state index contributed by atoms with van der Waals surface area (Å²) in [6.07, 6.45) is 6.72. The molecule has 2 atom stereocenters. The fraction of sp³-hybridized carbons (Fsp3) is 0.632. The van der Waals surface area contributed by atoms with Gasteiger partial charge in [0.05, 0.1) is 5.54 Å². The average molecular weight is 314 g/mol. The van der Waals surface area contributed by atoms with Crippen LogP contribution in [0.2, 0.25) is 0 Å². The molecule has 1 aromatic rings. The molecule has 2 saturated heterocycles. The van der Waals surface area contributed by atoms with Gasteiger partial charge in [0.15, 0.2) is 0 Å². The monoisotopic (exact) mass is 314 g/mol. The number of amides is 2. The first-order valence-electron chi connectivity index (χ1n) is 9.02. The molecule has 2 amide bonds. The normalized spacial score (nSPS) is 31.1. The molecule has 0 aromatic heterocycles. The molecule has 3 aliphatic rings. The Morgan fingerprint density at radius 3 is 2.65 bits per heavy atom. The lowest BCUT2D eigenvalue weighted by atomic mass is 9.62. The number of ether oxygens (including phenoxy) is 1. The molecule has 1 N–H and O–H groups in total. The van der Waals surface area contributed by atoms with Crippen molar-refractivity contribution in [3.05, 3.63) is 35.9 Å². The summed E-state index contributed by atoms with van der Waals surface area (Å²) in [5.74, 6) is 0.624. The second-order valence-corrected chi connectivity index (χ2v) is 7.18. The maximum Gasteiger partial charge on any atom is 0.318 e. The van der Waals surface area contributed by atoms with Crippen LogP contribution in [0.5, 0.6) is 0 Å². The van der Waals surface area contributed by atoms with E-state index in [2.05, 4.69) is 40.5 Å². The van der Waals surface area contributed by atoms with E-state index in [1.807, 2.05) is 0 Å². The lowest BCUT2D eigenvalue weighted by Gasteiger charge is -2.61. The maximum atomic E-state index is 12.9. The summed E-state index contributed by atoms with van der Waals surface area (Å²) in [5.41, 5.74) is 1.26. The molecule has 1 aliphatic carbocycles. The van der Waals surface area contributed by atoms with Crippen LogP contribution in [-0.4, -0.2) is 36.7 Å². The summed E-state index contributed by atoms with van der Waals surface area (Å²) < 4.78 is 5.39. The fourth-order valence-electron chi connectivity index (χ4n) is 4.72. The van der Waals surface area contributed by atoms with Crippen molar-refractivity contribution in [1.82, 2.24) is 10.2 Å². The van der Waals surface area contributed by atoms with E-state index in [4.69, 9.17) is 4.74 Å². The summed E-state index contributed by atoms with van der Waals surface area (Å²) in [6.45, 7) is 2.43. The third-order valence-corrected chi connectivity index (χ3v) is 5.99. The van der Waals surface area contributed by atoms with Gasteiger partial charge < -0.3 is 15.0 Å². The van der Waals surface area contributed by atoms with E-state index < -0.39 is 0 Å². The minimum absolute atomic E-state index is 0.0608. The third kappa shape index (κ3) is 2.53. The zero-order chi connectivity index (χ0) is 15.7. The van der Waals surface area contributed by atoms with Crippen molar-refractivity contribution < 1.29 is 9.53 Å². The predicted molar refractivity (Wildman–Crippen MR) is 89.2 cm³/mol. The molecular weight excluding hydrogens is 288 g/mol. The first-order chi connectivity index (χ1) is 11.3. The smallest absolute Gasteiger partial charge is 0.318 e. The molecular formula is C19H26N2O2. The molecule has 0 unspecified atom stereocenters. The quantitative estimate of drug-likeness (QED) is 0.910. The Morgan fingerprint density at radius 1 is 1.13 bits per heavy atom. The van der Waals surface area contributed by atoms with Gasteiger partial charge in [-0.05, 0) is 31.2 Å². The van der Waals surface area contributed by atoms with Crippen LogP contribution < -0.4 is 5.32 Å². The second-order valence-electron chi connectivity index (χ2n) is 7.18. The molecule has 4 heteroatoms. The van der Waals surface area contributed by atoms with Crippen molar-refractivity contribution in [2.45, 2.75) is 50.1 Å². The lowest BCUT2D eigenvalue weighted by Crippen LogP contribution is -2.69. The van der Waals surface area contributed by atoms with Gasteiger partial charge in [-0.3, -0.25) is 0 Å². The Hall–Kier alpha value is -1.55. The van der Waals surface area contributed by atoms with E-state index in [1.165, 1.54) is 24.8 Å². The highest BCUT2D eigenvalue weighted by Crippen LogP contribution is 2.53. The molecule has 1 saturated carbocycles. The molecule has 0 spiro atoms. The third-order valence-electron chi connectivity index (χ3n) is 5.99. The number of nitrogens with zero attached hydrogens (tertiary/aromatic N) is 1. The van der Waals surface area contributed by atoms with Crippen LogP contribution in [0.3, 0.4) is 0 Å². The van der Waals surface area contributed by atoms with Crippen LogP contribution in [0.25, 0.3) is 0 Å². The topological polar surface area (TPSA) is 41.6 Å². The van der Waals surface area contributed by atoms with E-state index in [0.717, 1.165) is 39.0 Å². The molecule has 3 fully saturated rings. The number of nitrogens with one attached hydrogen (secondary N) is 1. The number of urea groups is 1. The van der Waals surface area contributed by atoms with E-state index in [1.54, 1.807) is 0 Å². The summed E-state index contributed by atoms with van der Waals surface area (Å²) in [4.78, 5) is 15.0. The fourth-order valence-corrected chi connectivity index (χ4v) is 4.72. The first-order valence-corrected chi connectivity index (χ1v) is 9.02. The highest BCUT2D eigenvalue weighted by Gasteiger charge is 2.57. The second kappa shape index (κ2) is 6.16. The molecule has 0 radical (unpaired) electrons. The standard InChI is InChI=1S/C19H26N2O2/c22-18(20-17-9-12-23-13-10-17)21-14-16-8-4-5-11-19(16,21)15-6-2-1-3-7-15/h1-3,6-7,16-17H,4-5,8-14H2,(H,20,22)/t16-,19-/m1/s1. The number of benzene rings is 1. The molecule has 4 nitrogen and oxygen atoms in total. The maximum absolute atomic E-state index is 12.9. The highest BCUT2D eigenvalue weighted by atomic mass is 16.5. The van der Waals surface area contributed by atoms with Crippen LogP contribution in [0.1, 0.15) is 44.1 Å². The van der Waals surface area contributed by atoms with Gasteiger partial charge in [-0.15, -0.1) is 0 Å². The van der Waals surface area contributed by atoms with E-state index >= 15 is 0 Å². The van der Waals surface area contributed by atoms with Crippen LogP contribution in [0, 0.1) is 5.92 Å². The van der Waals surface area contributed by atoms with Crippen molar-refractivity contribution >= 4 is 6.03 Å². The predicted octanol–water partition coefficient (Wildman–Crippen LogP) is 3.28. The number of carbonyl (C=O) groups excluding carboxylic acids is 1. The number of likely N-dealkylation sites (tertiary alicyclic amines) is 1. The molecule has 23 heavy (non-hydrogen) atoms. The number of hydrogen-bond donors (Lipinski definition) is 1. The summed E-state index contributed by atoms with van der Waals surface area (Å²) in [5, 5.41) is 3.26. The van der Waals surface area contributed by atoms with Crippen LogP contribution in [0.4, 0.5) is 4.79 Å². The van der Waals surface area contributed by atoms with Gasteiger partial charge in [-0.25, -0.2) is 4.79 Å². The molecule has 4 rings (SSSR count). The SMILES string of the molecule is O=C(NC1CCOCC1)N1C[C@H]2CCCC[C@@]21c1ccccc1. The zero-order valence-corrected chi connectivity index (χ0v) is 13.7. The largest absolute Gasteiger partial charge is 0.381 e. The van der Waals surface area contributed by atoms with Gasteiger partial charge in [0.2, 0.25) is 0 Å². The number of rotatable bonds is 2. The van der Waals surface area contributed by atoms with Crippen molar-refractivity contribution in [2.24, 2.45) is 5.92 Å². The lowest BCUT2D eigenvalue weighted by molar-refractivity contribution is -0.0805. The number of hydrogen-bond acceptors (Lipinski definition) is 2. The summed E-state index contributed by atoms with van der Waals surface area (Å²) in [7, 11) is 0. The van der Waals surface area contributed by atoms with Gasteiger partial charge in [0.25, 0.3) is 0 Å². The molecule has 2 aliphatic heterocycles. The van der Waals surface area contributed by atoms with Gasteiger partial charge in [-0.1, -0.05) is 43.2 Å². The van der Waals surface area contributed by atoms with Gasteiger partial charge in [0.1, 0.15) is 0 Å². The van der Waals surface area contributed by atoms with Crippen molar-refractivity contribution in [1.29, 1.82) is 0 Å². The van der Waals surface area contributed by atoms with E-state index in [-0.39, 0.29) is 17.6 Å². The Morgan fingerprint density at radius 2 is 1.91 bits per heavy atom. The van der Waals surface area contributed by atoms with Gasteiger partial charge in [-0.2, -0.15) is 0 Å². The number of carbonyl (C=O) groups is 1. The van der Waals surface area contributed by atoms with Crippen LogP contribution >= 0.6 is 0 Å². The minimum Gasteiger partial charge on any atom is -0.381 e. The van der Waals surface area contributed by atoms with Crippen molar-refractivity contribution in [2.75, 3.05) is 19.8 Å². The summed E-state index contributed by atoms with van der Waals surface area (Å²) >= 11 is 0. The summed E-state index contributed by atoms with van der Waals surface area (Å²) in [6, 6.07) is 11.1. The molecule has 124 valence electrons. The molecule has 2 heterocycles. The van der Waals surface area contributed by atoms with Crippen LogP contribution in [0.15, 0.2) is 30.3 Å². The van der Waals surface area contributed by atoms with Crippen molar-refractivity contribution in [3.63, 3.8) is 0 Å². The van der Waals surface area contributed by atoms with E-state index in [0.29, 0.717) is 5.92 Å². The molecule has 0 bridgehead atoms. The Labute approximate surface area is 138 Å². The highest BCUT2D eigenvalue weighted by molar-refractivity contribution is 5.77. The Kier molecular flexibility index (Phi) is 4.02. The Bertz CT molecular complexity index is 556. The van der Waals surface area contributed by atoms with Crippen LogP contribution in [-0.2, 0) is 10.3 Å². The van der Waals surface area contributed by atoms with Gasteiger partial charge >= 0.3 is 6.03 Å². The zero-order valence-electron chi connectivity index (χ0n) is 13.7. The van der Waals surface area contributed by atoms with Crippen molar-refractivity contribution in [3.8, 4) is 0 Å². The number of fused-ring (bicyclic) bond motifs is 1. The molecule has 1 aromatic carbocycles. The van der Waals surface area contributed by atoms with Gasteiger partial charge in [0, 0.05) is 31.7 Å². The van der Waals surface area contributed by atoms with E-state index in [9.17, 15) is 4.79 Å². The Balaban J connectivity index is 1.54. The minimum atomic E-state index is -0.0608.